The third-order valence-corrected chi connectivity index (χ3v) is 4.58. The lowest BCUT2D eigenvalue weighted by Gasteiger charge is -2.37. The summed E-state index contributed by atoms with van der Waals surface area (Å²) in [5.41, 5.74) is 3.71. The van der Waals surface area contributed by atoms with Gasteiger partial charge in [-0.05, 0) is 43.5 Å². The maximum absolute atomic E-state index is 11.0. The number of carboxylic acid groups (broad SMARTS) is 1. The van der Waals surface area contributed by atoms with Crippen molar-refractivity contribution in [1.82, 2.24) is 9.80 Å². The molecule has 116 valence electrons. The zero-order valence-electron chi connectivity index (χ0n) is 13.2. The van der Waals surface area contributed by atoms with E-state index in [-0.39, 0.29) is 6.04 Å². The van der Waals surface area contributed by atoms with Gasteiger partial charge in [-0.3, -0.25) is 4.90 Å². The first-order chi connectivity index (χ1) is 9.95. The van der Waals surface area contributed by atoms with Gasteiger partial charge in [0.25, 0.3) is 0 Å². The highest BCUT2D eigenvalue weighted by molar-refractivity contribution is 5.65. The zero-order chi connectivity index (χ0) is 15.6. The molecule has 1 atom stereocenters. The molecule has 5 nitrogen and oxygen atoms in total. The summed E-state index contributed by atoms with van der Waals surface area (Å²) >= 11 is 0. The van der Waals surface area contributed by atoms with E-state index in [1.54, 1.807) is 7.11 Å². The molecule has 1 aromatic rings. The van der Waals surface area contributed by atoms with E-state index in [1.165, 1.54) is 21.6 Å². The lowest BCUT2D eigenvalue weighted by atomic mass is 9.96. The van der Waals surface area contributed by atoms with Gasteiger partial charge in [-0.1, -0.05) is 6.07 Å². The van der Waals surface area contributed by atoms with E-state index in [1.807, 2.05) is 6.07 Å². The van der Waals surface area contributed by atoms with Gasteiger partial charge in [-0.15, -0.1) is 0 Å². The van der Waals surface area contributed by atoms with Crippen molar-refractivity contribution in [2.45, 2.75) is 26.8 Å². The molecule has 1 heterocycles. The monoisotopic (exact) mass is 292 g/mol. The molecule has 0 aliphatic carbocycles. The minimum atomic E-state index is -0.821. The van der Waals surface area contributed by atoms with E-state index in [0.717, 1.165) is 18.8 Å². The highest BCUT2D eigenvalue weighted by atomic mass is 16.5. The number of hydrogen-bond donors (Lipinski definition) is 1. The molecule has 1 unspecified atom stereocenters. The van der Waals surface area contributed by atoms with Gasteiger partial charge in [0.15, 0.2) is 0 Å². The van der Waals surface area contributed by atoms with Crippen LogP contribution in [0.4, 0.5) is 4.79 Å². The van der Waals surface area contributed by atoms with Crippen molar-refractivity contribution in [1.29, 1.82) is 0 Å². The molecule has 2 rings (SSSR count). The zero-order valence-corrected chi connectivity index (χ0v) is 13.2. The van der Waals surface area contributed by atoms with Crippen molar-refractivity contribution in [3.63, 3.8) is 0 Å². The van der Waals surface area contributed by atoms with Crippen molar-refractivity contribution in [3.05, 3.63) is 28.8 Å². The molecule has 0 aromatic heterocycles. The first-order valence-corrected chi connectivity index (χ1v) is 7.31. The molecule has 0 radical (unpaired) electrons. The number of rotatable bonds is 3. The van der Waals surface area contributed by atoms with Crippen LogP contribution in [0.2, 0.25) is 0 Å². The van der Waals surface area contributed by atoms with E-state index >= 15 is 0 Å². The summed E-state index contributed by atoms with van der Waals surface area (Å²) in [5.74, 6) is 0.916. The fraction of sp³-hybridized carbons (Fsp3) is 0.562. The molecule has 1 saturated heterocycles. The van der Waals surface area contributed by atoms with Gasteiger partial charge in [-0.25, -0.2) is 4.79 Å². The summed E-state index contributed by atoms with van der Waals surface area (Å²) < 4.78 is 5.36. The number of hydrogen-bond acceptors (Lipinski definition) is 3. The lowest BCUT2D eigenvalue weighted by Crippen LogP contribution is -2.48. The molecule has 0 saturated carbocycles. The molecule has 1 aromatic carbocycles. The van der Waals surface area contributed by atoms with Crippen LogP contribution in [0, 0.1) is 13.8 Å². The van der Waals surface area contributed by atoms with Gasteiger partial charge in [0.1, 0.15) is 5.75 Å². The Balaban J connectivity index is 2.13. The Morgan fingerprint density at radius 3 is 2.33 bits per heavy atom. The van der Waals surface area contributed by atoms with Crippen LogP contribution in [-0.4, -0.2) is 54.3 Å². The Bertz CT molecular complexity index is 522. The lowest BCUT2D eigenvalue weighted by molar-refractivity contribution is 0.0887. The third kappa shape index (κ3) is 3.13. The number of carbonyl (C=O) groups is 1. The second kappa shape index (κ2) is 6.35. The fourth-order valence-electron chi connectivity index (χ4n) is 2.99. The molecular weight excluding hydrogens is 268 g/mol. The number of benzene rings is 1. The summed E-state index contributed by atoms with van der Waals surface area (Å²) in [5, 5.41) is 9.01. The largest absolute Gasteiger partial charge is 0.496 e. The summed E-state index contributed by atoms with van der Waals surface area (Å²) in [4.78, 5) is 14.8. The standard InChI is InChI=1S/C16H24N2O3/c1-11-12(2)15(21-4)6-5-14(11)13(3)17-7-9-18(10-8-17)16(19)20/h5-6,13H,7-10H2,1-4H3,(H,19,20). The fourth-order valence-corrected chi connectivity index (χ4v) is 2.99. The normalized spacial score (nSPS) is 17.6. The highest BCUT2D eigenvalue weighted by Crippen LogP contribution is 2.30. The number of methoxy groups -OCH3 is 1. The van der Waals surface area contributed by atoms with E-state index < -0.39 is 6.09 Å². The van der Waals surface area contributed by atoms with Gasteiger partial charge < -0.3 is 14.7 Å². The summed E-state index contributed by atoms with van der Waals surface area (Å²) in [6.45, 7) is 9.09. The van der Waals surface area contributed by atoms with Crippen LogP contribution in [-0.2, 0) is 0 Å². The van der Waals surface area contributed by atoms with Crippen LogP contribution in [0.3, 0.4) is 0 Å². The maximum atomic E-state index is 11.0. The maximum Gasteiger partial charge on any atom is 0.407 e. The van der Waals surface area contributed by atoms with Gasteiger partial charge in [0, 0.05) is 32.2 Å². The van der Waals surface area contributed by atoms with Crippen molar-refractivity contribution in [3.8, 4) is 5.75 Å². The summed E-state index contributed by atoms with van der Waals surface area (Å²) in [6, 6.07) is 4.42. The summed E-state index contributed by atoms with van der Waals surface area (Å²) in [7, 11) is 1.69. The third-order valence-electron chi connectivity index (χ3n) is 4.58. The molecule has 1 N–H and O–H groups in total. The van der Waals surface area contributed by atoms with Crippen LogP contribution in [0.15, 0.2) is 12.1 Å². The molecular formula is C16H24N2O3. The topological polar surface area (TPSA) is 53.0 Å². The van der Waals surface area contributed by atoms with Crippen LogP contribution >= 0.6 is 0 Å². The van der Waals surface area contributed by atoms with Crippen molar-refractivity contribution in [2.24, 2.45) is 0 Å². The van der Waals surface area contributed by atoms with Crippen LogP contribution in [0.5, 0.6) is 5.75 Å². The second-order valence-corrected chi connectivity index (χ2v) is 5.59. The molecule has 1 aliphatic rings. The Labute approximate surface area is 126 Å². The second-order valence-electron chi connectivity index (χ2n) is 5.59. The van der Waals surface area contributed by atoms with Crippen LogP contribution < -0.4 is 4.74 Å². The minimum absolute atomic E-state index is 0.283. The quantitative estimate of drug-likeness (QED) is 0.930. The number of amides is 1. The van der Waals surface area contributed by atoms with Gasteiger partial charge in [-0.2, -0.15) is 0 Å². The first kappa shape index (κ1) is 15.6. The predicted octanol–water partition coefficient (Wildman–Crippen LogP) is 2.67. The van der Waals surface area contributed by atoms with E-state index in [0.29, 0.717) is 13.1 Å². The Morgan fingerprint density at radius 1 is 1.19 bits per heavy atom. The van der Waals surface area contributed by atoms with Gasteiger partial charge in [0.2, 0.25) is 0 Å². The summed E-state index contributed by atoms with van der Waals surface area (Å²) in [6.07, 6.45) is -0.821. The molecule has 5 heteroatoms. The number of piperazine rings is 1. The number of ether oxygens (including phenoxy) is 1. The molecule has 21 heavy (non-hydrogen) atoms. The molecule has 1 fully saturated rings. The first-order valence-electron chi connectivity index (χ1n) is 7.31. The van der Waals surface area contributed by atoms with Crippen molar-refractivity contribution in [2.75, 3.05) is 33.3 Å². The Morgan fingerprint density at radius 2 is 1.81 bits per heavy atom. The molecule has 0 spiro atoms. The predicted molar refractivity (Wildman–Crippen MR) is 82.1 cm³/mol. The highest BCUT2D eigenvalue weighted by Gasteiger charge is 2.25. The molecule has 1 amide bonds. The van der Waals surface area contributed by atoms with E-state index in [4.69, 9.17) is 9.84 Å². The smallest absolute Gasteiger partial charge is 0.407 e. The van der Waals surface area contributed by atoms with E-state index in [2.05, 4.69) is 31.7 Å². The molecule has 1 aliphatic heterocycles. The van der Waals surface area contributed by atoms with E-state index in [9.17, 15) is 4.79 Å². The van der Waals surface area contributed by atoms with Crippen LogP contribution in [0.1, 0.15) is 29.7 Å². The Kier molecular flexibility index (Phi) is 4.73. The van der Waals surface area contributed by atoms with Crippen molar-refractivity contribution < 1.29 is 14.6 Å². The van der Waals surface area contributed by atoms with Gasteiger partial charge in [0.05, 0.1) is 7.11 Å². The number of nitrogens with zero attached hydrogens (tertiary/aromatic N) is 2. The van der Waals surface area contributed by atoms with Gasteiger partial charge >= 0.3 is 6.09 Å². The SMILES string of the molecule is COc1ccc(C(C)N2CCN(C(=O)O)CC2)c(C)c1C. The average Bonchev–Trinajstić information content (AvgIpc) is 2.49. The van der Waals surface area contributed by atoms with Crippen LogP contribution in [0.25, 0.3) is 0 Å². The Hall–Kier alpha value is -1.75. The average molecular weight is 292 g/mol. The molecule has 0 bridgehead atoms. The minimum Gasteiger partial charge on any atom is -0.496 e. The van der Waals surface area contributed by atoms with Crippen molar-refractivity contribution >= 4 is 6.09 Å².